The number of hydrogen-bond acceptors (Lipinski definition) is 5. The molecular formula is C15H22ClN5O2. The second kappa shape index (κ2) is 7.43. The number of hydrogen-bond donors (Lipinski definition) is 2. The van der Waals surface area contributed by atoms with Gasteiger partial charge in [-0.3, -0.25) is 4.79 Å². The summed E-state index contributed by atoms with van der Waals surface area (Å²) in [4.78, 5) is 12.2. The van der Waals surface area contributed by atoms with Crippen LogP contribution in [0.2, 0.25) is 0 Å². The third-order valence-corrected chi connectivity index (χ3v) is 3.13. The zero-order chi connectivity index (χ0) is 16.3. The number of carbonyl (C=O) groups excluding carboxylic acids is 1. The molecule has 2 rings (SSSR count). The van der Waals surface area contributed by atoms with Crippen LogP contribution in [0.4, 0.5) is 0 Å². The van der Waals surface area contributed by atoms with Gasteiger partial charge < -0.3 is 15.8 Å². The monoisotopic (exact) mass is 339 g/mol. The molecule has 23 heavy (non-hydrogen) atoms. The van der Waals surface area contributed by atoms with Crippen molar-refractivity contribution in [2.45, 2.75) is 26.3 Å². The molecule has 1 amide bonds. The van der Waals surface area contributed by atoms with Gasteiger partial charge in [0.2, 0.25) is 0 Å². The third-order valence-electron chi connectivity index (χ3n) is 3.13. The van der Waals surface area contributed by atoms with Gasteiger partial charge in [0.05, 0.1) is 18.5 Å². The Morgan fingerprint density at radius 2 is 1.96 bits per heavy atom. The predicted octanol–water partition coefficient (Wildman–Crippen LogP) is 1.47. The molecule has 0 spiro atoms. The maximum atomic E-state index is 12.2. The lowest BCUT2D eigenvalue weighted by molar-refractivity contribution is 0.0940. The van der Waals surface area contributed by atoms with Gasteiger partial charge in [-0.05, 0) is 45.0 Å². The van der Waals surface area contributed by atoms with Crippen LogP contribution in [0.1, 0.15) is 30.0 Å². The van der Waals surface area contributed by atoms with E-state index < -0.39 is 5.54 Å². The van der Waals surface area contributed by atoms with Crippen molar-refractivity contribution in [2.24, 2.45) is 5.73 Å². The molecule has 126 valence electrons. The van der Waals surface area contributed by atoms with Gasteiger partial charge in [-0.1, -0.05) is 5.21 Å². The van der Waals surface area contributed by atoms with Crippen LogP contribution in [-0.4, -0.2) is 40.1 Å². The number of aromatic nitrogens is 3. The first-order chi connectivity index (χ1) is 10.3. The Balaban J connectivity index is 0.00000264. The molecule has 0 radical (unpaired) electrons. The van der Waals surface area contributed by atoms with Crippen molar-refractivity contribution in [1.29, 1.82) is 0 Å². The number of nitrogens with zero attached hydrogens (tertiary/aromatic N) is 3. The summed E-state index contributed by atoms with van der Waals surface area (Å²) in [5.41, 5.74) is 7.14. The Hall–Kier alpha value is -2.12. The van der Waals surface area contributed by atoms with Crippen molar-refractivity contribution in [3.8, 4) is 11.4 Å². The maximum Gasteiger partial charge on any atom is 0.273 e. The molecule has 1 aromatic heterocycles. The van der Waals surface area contributed by atoms with E-state index in [1.54, 1.807) is 18.7 Å². The van der Waals surface area contributed by atoms with Crippen molar-refractivity contribution >= 4 is 18.3 Å². The summed E-state index contributed by atoms with van der Waals surface area (Å²) in [5.74, 6) is 0.473. The molecule has 2 aromatic rings. The van der Waals surface area contributed by atoms with Crippen LogP contribution in [0.5, 0.6) is 5.75 Å². The molecule has 0 bridgehead atoms. The summed E-state index contributed by atoms with van der Waals surface area (Å²) in [6, 6.07) is 7.36. The minimum Gasteiger partial charge on any atom is -0.497 e. The van der Waals surface area contributed by atoms with Gasteiger partial charge in [0.15, 0.2) is 5.69 Å². The summed E-state index contributed by atoms with van der Waals surface area (Å²) in [6.45, 7) is 5.84. The fraction of sp³-hybridized carbons (Fsp3) is 0.400. The SMILES string of the molecule is COc1ccc(-n2nnc(C(=O)NCC(C)(C)N)c2C)cc1.Cl. The largest absolute Gasteiger partial charge is 0.497 e. The molecule has 1 heterocycles. The Labute approximate surface area is 141 Å². The lowest BCUT2D eigenvalue weighted by atomic mass is 10.1. The number of amides is 1. The number of methoxy groups -OCH3 is 1. The van der Waals surface area contributed by atoms with Crippen LogP contribution in [0.3, 0.4) is 0 Å². The molecule has 0 saturated heterocycles. The number of nitrogens with one attached hydrogen (secondary N) is 1. The highest BCUT2D eigenvalue weighted by atomic mass is 35.5. The number of ether oxygens (including phenoxy) is 1. The predicted molar refractivity (Wildman–Crippen MR) is 90.5 cm³/mol. The summed E-state index contributed by atoms with van der Waals surface area (Å²) < 4.78 is 6.73. The van der Waals surface area contributed by atoms with Crippen LogP contribution in [0.15, 0.2) is 24.3 Å². The second-order valence-electron chi connectivity index (χ2n) is 5.80. The third kappa shape index (κ3) is 4.67. The number of rotatable bonds is 5. The standard InChI is InChI=1S/C15H21N5O2.ClH/c1-10-13(14(21)17-9-15(2,3)16)18-19-20(10)11-5-7-12(22-4)8-6-11;/h5-8H,9,16H2,1-4H3,(H,17,21);1H. The molecule has 3 N–H and O–H groups in total. The van der Waals surface area contributed by atoms with Crippen LogP contribution in [0, 0.1) is 6.92 Å². The smallest absolute Gasteiger partial charge is 0.273 e. The molecule has 0 aliphatic heterocycles. The van der Waals surface area contributed by atoms with Gasteiger partial charge in [-0.2, -0.15) is 0 Å². The zero-order valence-electron chi connectivity index (χ0n) is 13.7. The quantitative estimate of drug-likeness (QED) is 0.860. The van der Waals surface area contributed by atoms with E-state index in [0.29, 0.717) is 17.9 Å². The summed E-state index contributed by atoms with van der Waals surface area (Å²) in [7, 11) is 1.61. The Morgan fingerprint density at radius 3 is 2.48 bits per heavy atom. The Morgan fingerprint density at radius 1 is 1.35 bits per heavy atom. The van der Waals surface area contributed by atoms with Crippen molar-refractivity contribution in [2.75, 3.05) is 13.7 Å². The molecule has 7 nitrogen and oxygen atoms in total. The first-order valence-electron chi connectivity index (χ1n) is 6.95. The molecule has 0 aliphatic carbocycles. The number of carbonyl (C=O) groups is 1. The van der Waals surface area contributed by atoms with E-state index in [-0.39, 0.29) is 18.3 Å². The highest BCUT2D eigenvalue weighted by Gasteiger charge is 2.19. The van der Waals surface area contributed by atoms with E-state index in [0.717, 1.165) is 11.4 Å². The van der Waals surface area contributed by atoms with Crippen molar-refractivity contribution in [1.82, 2.24) is 20.3 Å². The number of benzene rings is 1. The van der Waals surface area contributed by atoms with Crippen molar-refractivity contribution < 1.29 is 9.53 Å². The summed E-state index contributed by atoms with van der Waals surface area (Å²) in [5, 5.41) is 10.8. The highest BCUT2D eigenvalue weighted by molar-refractivity contribution is 5.93. The molecular weight excluding hydrogens is 318 g/mol. The number of nitrogens with two attached hydrogens (primary N) is 1. The normalized spacial score (nSPS) is 10.8. The van der Waals surface area contributed by atoms with Crippen LogP contribution < -0.4 is 15.8 Å². The fourth-order valence-corrected chi connectivity index (χ4v) is 1.90. The average Bonchev–Trinajstić information content (AvgIpc) is 2.86. The highest BCUT2D eigenvalue weighted by Crippen LogP contribution is 2.16. The Bertz CT molecular complexity index is 661. The van der Waals surface area contributed by atoms with Gasteiger partial charge in [-0.15, -0.1) is 17.5 Å². The summed E-state index contributed by atoms with van der Waals surface area (Å²) in [6.07, 6.45) is 0. The van der Waals surface area contributed by atoms with Crippen molar-refractivity contribution in [3.63, 3.8) is 0 Å². The lowest BCUT2D eigenvalue weighted by Crippen LogP contribution is -2.45. The summed E-state index contributed by atoms with van der Waals surface area (Å²) >= 11 is 0. The first-order valence-corrected chi connectivity index (χ1v) is 6.95. The average molecular weight is 340 g/mol. The van der Waals surface area contributed by atoms with Crippen LogP contribution >= 0.6 is 12.4 Å². The fourth-order valence-electron chi connectivity index (χ4n) is 1.90. The van der Waals surface area contributed by atoms with Crippen LogP contribution in [-0.2, 0) is 0 Å². The molecule has 0 atom stereocenters. The second-order valence-corrected chi connectivity index (χ2v) is 5.80. The van der Waals surface area contributed by atoms with Gasteiger partial charge in [0.1, 0.15) is 5.75 Å². The van der Waals surface area contributed by atoms with E-state index in [1.807, 2.05) is 38.1 Å². The topological polar surface area (TPSA) is 95.1 Å². The van der Waals surface area contributed by atoms with E-state index in [2.05, 4.69) is 15.6 Å². The minimum atomic E-state index is -0.477. The zero-order valence-corrected chi connectivity index (χ0v) is 14.5. The van der Waals surface area contributed by atoms with E-state index in [4.69, 9.17) is 10.5 Å². The van der Waals surface area contributed by atoms with Gasteiger partial charge in [0, 0.05) is 12.1 Å². The van der Waals surface area contributed by atoms with Crippen molar-refractivity contribution in [3.05, 3.63) is 35.7 Å². The Kier molecular flexibility index (Phi) is 6.12. The maximum absolute atomic E-state index is 12.2. The minimum absolute atomic E-state index is 0. The van der Waals surface area contributed by atoms with Crippen LogP contribution in [0.25, 0.3) is 5.69 Å². The van der Waals surface area contributed by atoms with Gasteiger partial charge >= 0.3 is 0 Å². The molecule has 8 heteroatoms. The molecule has 1 aromatic carbocycles. The molecule has 0 unspecified atom stereocenters. The molecule has 0 saturated carbocycles. The molecule has 0 fully saturated rings. The molecule has 0 aliphatic rings. The van der Waals surface area contributed by atoms with Gasteiger partial charge in [0.25, 0.3) is 5.91 Å². The number of halogens is 1. The van der Waals surface area contributed by atoms with E-state index >= 15 is 0 Å². The first kappa shape index (κ1) is 18.9. The lowest BCUT2D eigenvalue weighted by Gasteiger charge is -2.18. The van der Waals surface area contributed by atoms with E-state index in [1.165, 1.54) is 0 Å². The van der Waals surface area contributed by atoms with Gasteiger partial charge in [-0.25, -0.2) is 4.68 Å². The van der Waals surface area contributed by atoms with E-state index in [9.17, 15) is 4.79 Å².